The molecule has 1 aromatic heterocycles. The van der Waals surface area contributed by atoms with Crippen LogP contribution in [0.15, 0.2) is 47.6 Å². The maximum Gasteiger partial charge on any atom is 0.335 e. The lowest BCUT2D eigenvalue weighted by Gasteiger charge is -2.20. The molecular weight excluding hydrogens is 294 g/mol. The molecule has 21 heavy (non-hydrogen) atoms. The Kier molecular flexibility index (Phi) is 3.81. The molecule has 3 N–H and O–H groups in total. The van der Waals surface area contributed by atoms with E-state index in [2.05, 4.69) is 4.98 Å². The molecule has 1 aromatic carbocycles. The number of pyridine rings is 1. The zero-order valence-electron chi connectivity index (χ0n) is 11.1. The summed E-state index contributed by atoms with van der Waals surface area (Å²) in [5, 5.41) is 8.87. The first-order valence-corrected chi connectivity index (χ1v) is 7.30. The number of nitrogens with two attached hydrogens (primary N) is 1. The van der Waals surface area contributed by atoms with Crippen molar-refractivity contribution in [2.75, 3.05) is 17.1 Å². The van der Waals surface area contributed by atoms with Crippen molar-refractivity contribution < 1.29 is 18.3 Å². The molecule has 0 atom stereocenters. The van der Waals surface area contributed by atoms with Crippen LogP contribution >= 0.6 is 0 Å². The summed E-state index contributed by atoms with van der Waals surface area (Å²) < 4.78 is 26.1. The Morgan fingerprint density at radius 1 is 1.24 bits per heavy atom. The highest BCUT2D eigenvalue weighted by atomic mass is 32.2. The number of sulfonamides is 1. The van der Waals surface area contributed by atoms with Crippen LogP contribution in [0.1, 0.15) is 10.4 Å². The van der Waals surface area contributed by atoms with Gasteiger partial charge in [-0.15, -0.1) is 0 Å². The minimum Gasteiger partial charge on any atom is -0.478 e. The van der Waals surface area contributed by atoms with Crippen LogP contribution in [0.2, 0.25) is 0 Å². The first-order chi connectivity index (χ1) is 9.84. The predicted molar refractivity (Wildman–Crippen MR) is 77.6 cm³/mol. The fourth-order valence-electron chi connectivity index (χ4n) is 1.76. The average Bonchev–Trinajstić information content (AvgIpc) is 2.46. The fourth-order valence-corrected chi connectivity index (χ4v) is 3.05. The van der Waals surface area contributed by atoms with E-state index >= 15 is 0 Å². The van der Waals surface area contributed by atoms with Crippen molar-refractivity contribution in [3.8, 4) is 0 Å². The third kappa shape index (κ3) is 2.79. The molecule has 0 aliphatic heterocycles. The van der Waals surface area contributed by atoms with Gasteiger partial charge in [0.15, 0.2) is 0 Å². The van der Waals surface area contributed by atoms with Gasteiger partial charge in [-0.05, 0) is 30.3 Å². The molecule has 0 unspecified atom stereocenters. The number of hydrogen-bond donors (Lipinski definition) is 2. The number of carboxylic acid groups (broad SMARTS) is 1. The van der Waals surface area contributed by atoms with Gasteiger partial charge in [-0.2, -0.15) is 0 Å². The van der Waals surface area contributed by atoms with E-state index in [4.69, 9.17) is 10.8 Å². The number of hydrogen-bond acceptors (Lipinski definition) is 5. The molecule has 2 rings (SSSR count). The van der Waals surface area contributed by atoms with Gasteiger partial charge in [0, 0.05) is 19.4 Å². The molecule has 2 aromatic rings. The van der Waals surface area contributed by atoms with Crippen LogP contribution in [-0.2, 0) is 10.0 Å². The van der Waals surface area contributed by atoms with Gasteiger partial charge in [0.2, 0.25) is 0 Å². The Hall–Kier alpha value is -2.61. The number of carbonyl (C=O) groups is 1. The second kappa shape index (κ2) is 5.41. The van der Waals surface area contributed by atoms with Crippen LogP contribution in [0.4, 0.5) is 11.4 Å². The number of carboxylic acids is 1. The molecule has 0 bridgehead atoms. The Bertz CT molecular complexity index is 775. The third-order valence-electron chi connectivity index (χ3n) is 2.92. The van der Waals surface area contributed by atoms with Crippen LogP contribution < -0.4 is 10.0 Å². The molecule has 0 saturated heterocycles. The van der Waals surface area contributed by atoms with Gasteiger partial charge >= 0.3 is 5.97 Å². The summed E-state index contributed by atoms with van der Waals surface area (Å²) in [5.74, 6) is -1.17. The van der Waals surface area contributed by atoms with Crippen molar-refractivity contribution in [2.45, 2.75) is 4.90 Å². The molecule has 0 aliphatic rings. The van der Waals surface area contributed by atoms with E-state index in [-0.39, 0.29) is 16.1 Å². The van der Waals surface area contributed by atoms with Crippen molar-refractivity contribution in [3.63, 3.8) is 0 Å². The molecule has 110 valence electrons. The third-order valence-corrected chi connectivity index (χ3v) is 4.78. The number of anilines is 2. The minimum absolute atomic E-state index is 0.0713. The van der Waals surface area contributed by atoms with Crippen LogP contribution in [0.3, 0.4) is 0 Å². The molecule has 0 aliphatic carbocycles. The van der Waals surface area contributed by atoms with Gasteiger partial charge in [-0.3, -0.25) is 9.29 Å². The van der Waals surface area contributed by atoms with E-state index in [1.807, 2.05) is 0 Å². The average molecular weight is 307 g/mol. The summed E-state index contributed by atoms with van der Waals surface area (Å²) in [6.45, 7) is 0. The topological polar surface area (TPSA) is 114 Å². The maximum atomic E-state index is 12.5. The number of aromatic nitrogens is 1. The Balaban J connectivity index is 2.47. The zero-order valence-corrected chi connectivity index (χ0v) is 11.9. The Morgan fingerprint density at radius 2 is 1.86 bits per heavy atom. The fraction of sp³-hybridized carbons (Fsp3) is 0.0769. The van der Waals surface area contributed by atoms with Gasteiger partial charge in [-0.25, -0.2) is 13.2 Å². The lowest BCUT2D eigenvalue weighted by molar-refractivity contribution is 0.0697. The van der Waals surface area contributed by atoms with Gasteiger partial charge < -0.3 is 10.8 Å². The zero-order chi connectivity index (χ0) is 15.6. The lowest BCUT2D eigenvalue weighted by atomic mass is 10.2. The van der Waals surface area contributed by atoms with E-state index in [0.29, 0.717) is 5.69 Å². The summed E-state index contributed by atoms with van der Waals surface area (Å²) in [6.07, 6.45) is 2.94. The second-order valence-corrected chi connectivity index (χ2v) is 6.17. The largest absolute Gasteiger partial charge is 0.478 e. The van der Waals surface area contributed by atoms with E-state index in [0.717, 1.165) is 10.4 Å². The first kappa shape index (κ1) is 14.8. The normalized spacial score (nSPS) is 11.1. The summed E-state index contributed by atoms with van der Waals surface area (Å²) in [5.41, 5.74) is 5.92. The number of nitrogen functional groups attached to an aromatic ring is 1. The number of nitrogens with zero attached hydrogens (tertiary/aromatic N) is 2. The molecule has 0 saturated carbocycles. The molecular formula is C13H13N3O4S. The van der Waals surface area contributed by atoms with Crippen molar-refractivity contribution in [3.05, 3.63) is 48.3 Å². The summed E-state index contributed by atoms with van der Waals surface area (Å²) >= 11 is 0. The lowest BCUT2D eigenvalue weighted by Crippen LogP contribution is -2.27. The quantitative estimate of drug-likeness (QED) is 0.820. The highest BCUT2D eigenvalue weighted by Gasteiger charge is 2.24. The van der Waals surface area contributed by atoms with Gasteiger partial charge in [0.1, 0.15) is 4.90 Å². The molecule has 0 amide bonds. The van der Waals surface area contributed by atoms with Gasteiger partial charge in [-0.1, -0.05) is 0 Å². The van der Waals surface area contributed by atoms with Crippen LogP contribution in [0, 0.1) is 0 Å². The predicted octanol–water partition coefficient (Wildman–Crippen LogP) is 1.19. The van der Waals surface area contributed by atoms with E-state index in [1.165, 1.54) is 31.6 Å². The molecule has 1 heterocycles. The summed E-state index contributed by atoms with van der Waals surface area (Å²) in [4.78, 5) is 14.5. The van der Waals surface area contributed by atoms with Crippen LogP contribution in [0.25, 0.3) is 0 Å². The van der Waals surface area contributed by atoms with Crippen molar-refractivity contribution in [1.29, 1.82) is 0 Å². The molecule has 8 heteroatoms. The second-order valence-electron chi connectivity index (χ2n) is 4.24. The maximum absolute atomic E-state index is 12.5. The monoisotopic (exact) mass is 307 g/mol. The first-order valence-electron chi connectivity index (χ1n) is 5.86. The Morgan fingerprint density at radius 3 is 2.38 bits per heavy atom. The number of benzene rings is 1. The van der Waals surface area contributed by atoms with E-state index in [9.17, 15) is 13.2 Å². The summed E-state index contributed by atoms with van der Waals surface area (Å²) in [6, 6.07) is 6.59. The van der Waals surface area contributed by atoms with Crippen molar-refractivity contribution >= 4 is 27.4 Å². The van der Waals surface area contributed by atoms with Gasteiger partial charge in [0.25, 0.3) is 10.0 Å². The van der Waals surface area contributed by atoms with E-state index < -0.39 is 16.0 Å². The van der Waals surface area contributed by atoms with Crippen molar-refractivity contribution in [2.24, 2.45) is 0 Å². The van der Waals surface area contributed by atoms with E-state index in [1.54, 1.807) is 12.1 Å². The van der Waals surface area contributed by atoms with Crippen LogP contribution in [-0.4, -0.2) is 31.5 Å². The molecule has 7 nitrogen and oxygen atoms in total. The van der Waals surface area contributed by atoms with Crippen molar-refractivity contribution in [1.82, 2.24) is 4.98 Å². The smallest absolute Gasteiger partial charge is 0.335 e. The molecule has 0 fully saturated rings. The minimum atomic E-state index is -3.88. The van der Waals surface area contributed by atoms with Crippen LogP contribution in [0.5, 0.6) is 0 Å². The number of aromatic carboxylic acids is 1. The summed E-state index contributed by atoms with van der Waals surface area (Å²) in [7, 11) is -2.49. The molecule has 0 radical (unpaired) electrons. The molecule has 0 spiro atoms. The standard InChI is InChI=1S/C13H13N3O4S/c1-16(10-4-6-15-7-5-10)21(19,20)12-3-2-9(13(17)18)8-11(12)14/h2-8H,14H2,1H3,(H,17,18). The highest BCUT2D eigenvalue weighted by molar-refractivity contribution is 7.93. The Labute approximate surface area is 121 Å². The van der Waals surface area contributed by atoms with Gasteiger partial charge in [0.05, 0.1) is 16.9 Å². The SMILES string of the molecule is CN(c1ccncc1)S(=O)(=O)c1ccc(C(=O)O)cc1N. The highest BCUT2D eigenvalue weighted by Crippen LogP contribution is 2.26. The number of rotatable bonds is 4.